The van der Waals surface area contributed by atoms with Crippen molar-refractivity contribution in [3.05, 3.63) is 35.4 Å². The second-order valence-corrected chi connectivity index (χ2v) is 4.74. The molecule has 0 saturated carbocycles. The number of alkyl carbamates (subject to hydrolysis) is 1. The van der Waals surface area contributed by atoms with E-state index in [1.54, 1.807) is 12.1 Å². The van der Waals surface area contributed by atoms with Crippen molar-refractivity contribution in [2.45, 2.75) is 31.9 Å². The summed E-state index contributed by atoms with van der Waals surface area (Å²) in [5.41, 5.74) is 6.83. The summed E-state index contributed by atoms with van der Waals surface area (Å²) in [6, 6.07) is 6.37. The van der Waals surface area contributed by atoms with Crippen LogP contribution in [0.3, 0.4) is 0 Å². The fourth-order valence-electron chi connectivity index (χ4n) is 1.78. The van der Waals surface area contributed by atoms with Crippen LogP contribution < -0.4 is 11.1 Å². The number of halogens is 1. The van der Waals surface area contributed by atoms with Crippen LogP contribution in [0.15, 0.2) is 24.3 Å². The Morgan fingerprint density at radius 3 is 2.70 bits per heavy atom. The van der Waals surface area contributed by atoms with Gasteiger partial charge in [-0.05, 0) is 25.3 Å². The highest BCUT2D eigenvalue weighted by molar-refractivity contribution is 5.85. The van der Waals surface area contributed by atoms with Crippen molar-refractivity contribution in [2.75, 3.05) is 6.54 Å². The predicted octanol–water partition coefficient (Wildman–Crippen LogP) is 1.90. The highest BCUT2D eigenvalue weighted by Crippen LogP contribution is 2.08. The Kier molecular flexibility index (Phi) is 10.3. The summed E-state index contributed by atoms with van der Waals surface area (Å²) < 4.78 is 5.07. The first-order valence-electron chi connectivity index (χ1n) is 6.98. The Bertz CT molecular complexity index is 557. The molecule has 0 spiro atoms. The largest absolute Gasteiger partial charge is 0.480 e. The Balaban J connectivity index is 0.00000484. The lowest BCUT2D eigenvalue weighted by atomic mass is 10.1. The molecule has 1 amide bonds. The molecule has 4 N–H and O–H groups in total. The van der Waals surface area contributed by atoms with E-state index in [9.17, 15) is 9.59 Å². The molecule has 0 saturated heterocycles. The van der Waals surface area contributed by atoms with Crippen LogP contribution in [0.5, 0.6) is 0 Å². The highest BCUT2D eigenvalue weighted by Gasteiger charge is 2.10. The zero-order chi connectivity index (χ0) is 16.4. The summed E-state index contributed by atoms with van der Waals surface area (Å²) in [4.78, 5) is 22.0. The number of carboxylic acid groups (broad SMARTS) is 1. The summed E-state index contributed by atoms with van der Waals surface area (Å²) in [5.74, 6) is 1.51. The fourth-order valence-corrected chi connectivity index (χ4v) is 1.78. The zero-order valence-electron chi connectivity index (χ0n) is 12.7. The molecule has 1 unspecified atom stereocenters. The number of carboxylic acids is 1. The van der Waals surface area contributed by atoms with Gasteiger partial charge in [0, 0.05) is 17.7 Å². The van der Waals surface area contributed by atoms with E-state index in [-0.39, 0.29) is 19.0 Å². The van der Waals surface area contributed by atoms with Crippen LogP contribution in [0.25, 0.3) is 0 Å². The Labute approximate surface area is 141 Å². The summed E-state index contributed by atoms with van der Waals surface area (Å²) in [7, 11) is 0. The van der Waals surface area contributed by atoms with Gasteiger partial charge < -0.3 is 20.9 Å². The number of terminal acetylenes is 1. The number of rotatable bonds is 8. The van der Waals surface area contributed by atoms with Gasteiger partial charge in [-0.2, -0.15) is 0 Å². The van der Waals surface area contributed by atoms with E-state index in [0.29, 0.717) is 31.4 Å². The maximum Gasteiger partial charge on any atom is 0.407 e. The van der Waals surface area contributed by atoms with Gasteiger partial charge in [0.25, 0.3) is 0 Å². The number of benzene rings is 1. The van der Waals surface area contributed by atoms with Crippen molar-refractivity contribution in [3.8, 4) is 12.3 Å². The van der Waals surface area contributed by atoms with Gasteiger partial charge in [-0.25, -0.2) is 4.79 Å². The van der Waals surface area contributed by atoms with Gasteiger partial charge in [0.15, 0.2) is 0 Å². The van der Waals surface area contributed by atoms with Crippen LogP contribution in [0.2, 0.25) is 0 Å². The third-order valence-corrected chi connectivity index (χ3v) is 3.06. The maximum atomic E-state index is 11.5. The molecular formula is C16H21ClN2O4. The molecule has 0 fully saturated rings. The van der Waals surface area contributed by atoms with Crippen LogP contribution in [0, 0.1) is 12.3 Å². The zero-order valence-corrected chi connectivity index (χ0v) is 13.5. The molecule has 23 heavy (non-hydrogen) atoms. The van der Waals surface area contributed by atoms with Crippen molar-refractivity contribution < 1.29 is 19.4 Å². The van der Waals surface area contributed by atoms with Crippen molar-refractivity contribution in [1.29, 1.82) is 0 Å². The lowest BCUT2D eigenvalue weighted by Crippen LogP contribution is -2.30. The smallest absolute Gasteiger partial charge is 0.407 e. The number of nitrogens with two attached hydrogens (primary N) is 1. The number of amides is 1. The Morgan fingerprint density at radius 1 is 1.35 bits per heavy atom. The summed E-state index contributed by atoms with van der Waals surface area (Å²) in [5, 5.41) is 11.2. The standard InChI is InChI=1S/C16H20N2O4.ClH/c1-2-12-7-3-4-8-13(12)11-22-16(21)18-10-6-5-9-14(17)15(19)20;/h1,3-4,7-8,14H,5-6,9-11,17H2,(H,18,21)(H,19,20);1H. The molecule has 0 bridgehead atoms. The van der Waals surface area contributed by atoms with Crippen molar-refractivity contribution >= 4 is 24.5 Å². The highest BCUT2D eigenvalue weighted by atomic mass is 35.5. The number of ether oxygens (including phenoxy) is 1. The molecule has 0 aliphatic heterocycles. The quantitative estimate of drug-likeness (QED) is 0.495. The number of aliphatic carboxylic acids is 1. The lowest BCUT2D eigenvalue weighted by molar-refractivity contribution is -0.138. The third kappa shape index (κ3) is 8.10. The van der Waals surface area contributed by atoms with Crippen molar-refractivity contribution in [3.63, 3.8) is 0 Å². The van der Waals surface area contributed by atoms with Gasteiger partial charge in [-0.1, -0.05) is 24.1 Å². The fraction of sp³-hybridized carbons (Fsp3) is 0.375. The minimum Gasteiger partial charge on any atom is -0.480 e. The summed E-state index contributed by atoms with van der Waals surface area (Å²) >= 11 is 0. The number of carbonyl (C=O) groups is 2. The van der Waals surface area contributed by atoms with Crippen LogP contribution in [0.1, 0.15) is 30.4 Å². The third-order valence-electron chi connectivity index (χ3n) is 3.06. The topological polar surface area (TPSA) is 102 Å². The van der Waals surface area contributed by atoms with E-state index in [2.05, 4.69) is 11.2 Å². The van der Waals surface area contributed by atoms with Gasteiger partial charge in [0.05, 0.1) is 0 Å². The molecule has 0 radical (unpaired) electrons. The van der Waals surface area contributed by atoms with Crippen LogP contribution in [0.4, 0.5) is 4.79 Å². The first-order valence-corrected chi connectivity index (χ1v) is 6.98. The molecule has 1 aromatic rings. The molecule has 6 nitrogen and oxygen atoms in total. The van der Waals surface area contributed by atoms with Crippen LogP contribution in [-0.4, -0.2) is 29.8 Å². The molecule has 0 aliphatic carbocycles. The van der Waals surface area contributed by atoms with Crippen LogP contribution >= 0.6 is 12.4 Å². The van der Waals surface area contributed by atoms with Crippen LogP contribution in [-0.2, 0) is 16.1 Å². The van der Waals surface area contributed by atoms with E-state index in [0.717, 1.165) is 5.56 Å². The van der Waals surface area contributed by atoms with E-state index < -0.39 is 18.1 Å². The minimum absolute atomic E-state index is 0. The Hall–Kier alpha value is -2.23. The molecule has 1 rings (SSSR count). The van der Waals surface area contributed by atoms with E-state index in [4.69, 9.17) is 22.0 Å². The molecule has 0 aromatic heterocycles. The molecule has 126 valence electrons. The second kappa shape index (κ2) is 11.4. The average molecular weight is 341 g/mol. The van der Waals surface area contributed by atoms with E-state index in [1.165, 1.54) is 0 Å². The monoisotopic (exact) mass is 340 g/mol. The first-order chi connectivity index (χ1) is 10.5. The summed E-state index contributed by atoms with van der Waals surface area (Å²) in [6.45, 7) is 0.512. The SMILES string of the molecule is C#Cc1ccccc1COC(=O)NCCCCC(N)C(=O)O.Cl. The van der Waals surface area contributed by atoms with Crippen molar-refractivity contribution in [2.24, 2.45) is 5.73 Å². The average Bonchev–Trinajstić information content (AvgIpc) is 2.52. The molecule has 1 atom stereocenters. The number of hydrogen-bond donors (Lipinski definition) is 3. The summed E-state index contributed by atoms with van der Waals surface area (Å²) in [6.07, 6.45) is 6.46. The normalized spacial score (nSPS) is 10.8. The molecule has 0 heterocycles. The number of carbonyl (C=O) groups excluding carboxylic acids is 1. The number of nitrogens with one attached hydrogen (secondary N) is 1. The predicted molar refractivity (Wildman–Crippen MR) is 89.3 cm³/mol. The number of unbranched alkanes of at least 4 members (excludes halogenated alkanes) is 1. The van der Waals surface area contributed by atoms with E-state index >= 15 is 0 Å². The van der Waals surface area contributed by atoms with Gasteiger partial charge in [0.1, 0.15) is 12.6 Å². The van der Waals surface area contributed by atoms with Gasteiger partial charge in [-0.3, -0.25) is 4.79 Å². The minimum atomic E-state index is -1.01. The molecule has 7 heteroatoms. The molecule has 0 aliphatic rings. The first kappa shape index (κ1) is 20.8. The molecular weight excluding hydrogens is 320 g/mol. The van der Waals surface area contributed by atoms with Gasteiger partial charge in [-0.15, -0.1) is 18.8 Å². The lowest BCUT2D eigenvalue weighted by Gasteiger charge is -2.09. The molecule has 1 aromatic carbocycles. The maximum absolute atomic E-state index is 11.5. The van der Waals surface area contributed by atoms with Gasteiger partial charge >= 0.3 is 12.1 Å². The van der Waals surface area contributed by atoms with Crippen molar-refractivity contribution in [1.82, 2.24) is 5.32 Å². The Morgan fingerprint density at radius 2 is 2.04 bits per heavy atom. The van der Waals surface area contributed by atoms with Gasteiger partial charge in [0.2, 0.25) is 0 Å². The second-order valence-electron chi connectivity index (χ2n) is 4.74. The van der Waals surface area contributed by atoms with E-state index in [1.807, 2.05) is 12.1 Å². The number of hydrogen-bond acceptors (Lipinski definition) is 4.